The zero-order valence-electron chi connectivity index (χ0n) is 11.9. The topological polar surface area (TPSA) is 93.9 Å². The molecule has 2 rings (SSSR count). The van der Waals surface area contributed by atoms with Gasteiger partial charge in [-0.25, -0.2) is 0 Å². The van der Waals surface area contributed by atoms with Crippen molar-refractivity contribution in [2.75, 3.05) is 18.8 Å². The van der Waals surface area contributed by atoms with Crippen LogP contribution in [0.3, 0.4) is 0 Å². The third-order valence-electron chi connectivity index (χ3n) is 3.90. The van der Waals surface area contributed by atoms with Gasteiger partial charge in [-0.15, -0.1) is 0 Å². The van der Waals surface area contributed by atoms with Gasteiger partial charge in [0, 0.05) is 18.8 Å². The maximum Gasteiger partial charge on any atom is 0.233 e. The number of hydrogen-bond donors (Lipinski definition) is 1. The van der Waals surface area contributed by atoms with Crippen LogP contribution in [0.4, 0.5) is 5.69 Å². The second-order valence-electron chi connectivity index (χ2n) is 5.31. The van der Waals surface area contributed by atoms with E-state index in [-0.39, 0.29) is 18.7 Å². The molecule has 0 saturated heterocycles. The van der Waals surface area contributed by atoms with Gasteiger partial charge in [0.1, 0.15) is 0 Å². The van der Waals surface area contributed by atoms with Crippen molar-refractivity contribution in [3.63, 3.8) is 0 Å². The van der Waals surface area contributed by atoms with E-state index in [1.54, 1.807) is 17.0 Å². The van der Waals surface area contributed by atoms with E-state index in [9.17, 15) is 4.79 Å². The Morgan fingerprint density at radius 3 is 2.10 bits per heavy atom. The fourth-order valence-corrected chi connectivity index (χ4v) is 2.54. The highest BCUT2D eigenvalue weighted by atomic mass is 16.2. The van der Waals surface area contributed by atoms with Gasteiger partial charge >= 0.3 is 0 Å². The molecule has 1 saturated carbocycles. The number of nitriles is 2. The summed E-state index contributed by atoms with van der Waals surface area (Å²) in [7, 11) is 0. The van der Waals surface area contributed by atoms with Crippen molar-refractivity contribution in [1.29, 1.82) is 10.5 Å². The van der Waals surface area contributed by atoms with Crippen molar-refractivity contribution in [3.8, 4) is 12.1 Å². The number of nitrogens with two attached hydrogens (primary N) is 1. The van der Waals surface area contributed by atoms with E-state index in [1.807, 2.05) is 12.1 Å². The summed E-state index contributed by atoms with van der Waals surface area (Å²) in [6, 6.07) is 11.5. The molecule has 0 bridgehead atoms. The number of nitrogens with zero attached hydrogens (tertiary/aromatic N) is 3. The zero-order valence-corrected chi connectivity index (χ0v) is 11.9. The molecular weight excluding hydrogens is 264 g/mol. The molecule has 1 aliphatic rings. The molecule has 2 N–H and O–H groups in total. The summed E-state index contributed by atoms with van der Waals surface area (Å²) in [4.78, 5) is 14.4. The van der Waals surface area contributed by atoms with Gasteiger partial charge in [-0.3, -0.25) is 4.79 Å². The Hall–Kier alpha value is -2.53. The number of hydrogen-bond acceptors (Lipinski definition) is 4. The first-order valence-corrected chi connectivity index (χ1v) is 7.03. The first-order chi connectivity index (χ1) is 10.1. The molecule has 1 aromatic carbocycles. The third-order valence-corrected chi connectivity index (χ3v) is 3.90. The second kappa shape index (κ2) is 6.28. The van der Waals surface area contributed by atoms with Gasteiger partial charge < -0.3 is 10.6 Å². The van der Waals surface area contributed by atoms with E-state index in [2.05, 4.69) is 12.1 Å². The number of nitrogen functional groups attached to an aromatic ring is 1. The van der Waals surface area contributed by atoms with E-state index >= 15 is 0 Å². The number of amides is 1. The molecule has 1 fully saturated rings. The summed E-state index contributed by atoms with van der Waals surface area (Å²) in [5.41, 5.74) is 6.86. The Balaban J connectivity index is 2.17. The average Bonchev–Trinajstić information content (AvgIpc) is 3.29. The van der Waals surface area contributed by atoms with Crippen LogP contribution in [0.1, 0.15) is 31.2 Å². The quantitative estimate of drug-likeness (QED) is 0.807. The minimum atomic E-state index is -0.474. The van der Waals surface area contributed by atoms with E-state index in [0.717, 1.165) is 18.4 Å². The fraction of sp³-hybridized carbons (Fsp3) is 0.438. The van der Waals surface area contributed by atoms with Crippen LogP contribution in [0.5, 0.6) is 0 Å². The predicted octanol–water partition coefficient (Wildman–Crippen LogP) is 1.96. The van der Waals surface area contributed by atoms with E-state index in [1.165, 1.54) is 0 Å². The van der Waals surface area contributed by atoms with Gasteiger partial charge in [0.05, 0.1) is 30.4 Å². The number of carbonyl (C=O) groups is 1. The van der Waals surface area contributed by atoms with Gasteiger partial charge in [0.15, 0.2) is 0 Å². The van der Waals surface area contributed by atoms with E-state index in [0.29, 0.717) is 18.8 Å². The monoisotopic (exact) mass is 282 g/mol. The van der Waals surface area contributed by atoms with Crippen LogP contribution in [0.25, 0.3) is 0 Å². The van der Waals surface area contributed by atoms with E-state index < -0.39 is 5.41 Å². The molecule has 0 heterocycles. The van der Waals surface area contributed by atoms with Crippen LogP contribution < -0.4 is 5.73 Å². The van der Waals surface area contributed by atoms with Crippen LogP contribution in [-0.4, -0.2) is 23.9 Å². The summed E-state index contributed by atoms with van der Waals surface area (Å²) in [5, 5.41) is 17.4. The highest BCUT2D eigenvalue weighted by Gasteiger charge is 2.52. The number of anilines is 1. The molecular formula is C16H18N4O. The lowest BCUT2D eigenvalue weighted by atomic mass is 9.94. The Bertz CT molecular complexity index is 572. The van der Waals surface area contributed by atoms with Crippen molar-refractivity contribution in [3.05, 3.63) is 29.8 Å². The van der Waals surface area contributed by atoms with Crippen molar-refractivity contribution in [2.24, 2.45) is 0 Å². The molecule has 21 heavy (non-hydrogen) atoms. The summed E-state index contributed by atoms with van der Waals surface area (Å²) in [5.74, 6) is 0.0257. The molecule has 1 amide bonds. The van der Waals surface area contributed by atoms with Crippen LogP contribution >= 0.6 is 0 Å². The van der Waals surface area contributed by atoms with Gasteiger partial charge in [-0.2, -0.15) is 10.5 Å². The number of carbonyl (C=O) groups excluding carboxylic acids is 1. The molecule has 108 valence electrons. The van der Waals surface area contributed by atoms with E-state index in [4.69, 9.17) is 16.3 Å². The Labute approximate surface area is 124 Å². The second-order valence-corrected chi connectivity index (χ2v) is 5.31. The van der Waals surface area contributed by atoms with Crippen LogP contribution in [-0.2, 0) is 10.2 Å². The van der Waals surface area contributed by atoms with Crippen molar-refractivity contribution in [1.82, 2.24) is 4.90 Å². The maximum atomic E-state index is 12.8. The largest absolute Gasteiger partial charge is 0.399 e. The van der Waals surface area contributed by atoms with Crippen molar-refractivity contribution in [2.45, 2.75) is 31.1 Å². The lowest BCUT2D eigenvalue weighted by Crippen LogP contribution is -2.40. The maximum absolute atomic E-state index is 12.8. The minimum absolute atomic E-state index is 0.0257. The number of rotatable bonds is 6. The Kier molecular flexibility index (Phi) is 4.45. The molecule has 0 radical (unpaired) electrons. The molecule has 0 aromatic heterocycles. The molecule has 5 heteroatoms. The van der Waals surface area contributed by atoms with Crippen molar-refractivity contribution >= 4 is 11.6 Å². The molecule has 0 unspecified atom stereocenters. The first-order valence-electron chi connectivity index (χ1n) is 7.03. The average molecular weight is 282 g/mol. The van der Waals surface area contributed by atoms with Crippen LogP contribution in [0, 0.1) is 22.7 Å². The summed E-state index contributed by atoms with van der Waals surface area (Å²) >= 11 is 0. The smallest absolute Gasteiger partial charge is 0.233 e. The SMILES string of the molecule is N#CCCN(CCC#N)C(=O)C1(c2ccc(N)cc2)CC1. The minimum Gasteiger partial charge on any atom is -0.399 e. The highest BCUT2D eigenvalue weighted by Crippen LogP contribution is 2.49. The van der Waals surface area contributed by atoms with Crippen LogP contribution in [0.15, 0.2) is 24.3 Å². The van der Waals surface area contributed by atoms with Gasteiger partial charge in [-0.1, -0.05) is 12.1 Å². The van der Waals surface area contributed by atoms with Gasteiger partial charge in [-0.05, 0) is 30.5 Å². The lowest BCUT2D eigenvalue weighted by Gasteiger charge is -2.26. The Morgan fingerprint density at radius 2 is 1.67 bits per heavy atom. The summed E-state index contributed by atoms with van der Waals surface area (Å²) < 4.78 is 0. The van der Waals surface area contributed by atoms with Gasteiger partial charge in [0.2, 0.25) is 5.91 Å². The summed E-state index contributed by atoms with van der Waals surface area (Å²) in [6.07, 6.45) is 2.20. The van der Waals surface area contributed by atoms with Crippen LogP contribution in [0.2, 0.25) is 0 Å². The summed E-state index contributed by atoms with van der Waals surface area (Å²) in [6.45, 7) is 0.765. The standard InChI is InChI=1S/C16H18N4O/c17-9-1-11-20(12-2-10-18)15(21)16(7-8-16)13-3-5-14(19)6-4-13/h3-6H,1-2,7-8,11-12,19H2. The van der Waals surface area contributed by atoms with Crippen molar-refractivity contribution < 1.29 is 4.79 Å². The molecule has 1 aliphatic carbocycles. The fourth-order valence-electron chi connectivity index (χ4n) is 2.54. The molecule has 0 aliphatic heterocycles. The van der Waals surface area contributed by atoms with Gasteiger partial charge in [0.25, 0.3) is 0 Å². The molecule has 0 spiro atoms. The normalized spacial score (nSPS) is 14.8. The zero-order chi connectivity index (χ0) is 15.3. The lowest BCUT2D eigenvalue weighted by molar-refractivity contribution is -0.133. The predicted molar refractivity (Wildman–Crippen MR) is 78.8 cm³/mol. The molecule has 5 nitrogen and oxygen atoms in total. The third kappa shape index (κ3) is 3.14. The Morgan fingerprint density at radius 1 is 1.14 bits per heavy atom. The first kappa shape index (κ1) is 14.9. The molecule has 0 atom stereocenters. The highest BCUT2D eigenvalue weighted by molar-refractivity contribution is 5.91. The number of benzene rings is 1. The molecule has 1 aromatic rings.